The molecule has 550 valence electrons. The third kappa shape index (κ3) is 13.4. The van der Waals surface area contributed by atoms with Gasteiger partial charge in [0.1, 0.15) is 5.82 Å². The standard InChI is InChI=1S/C106H75BN6O.Pt/c1-106(2,3)85-60-61-108-104(68-85)111-96-59-56-86(107-112(97-50-24-22-46-90(97)77-40-18-8-19-41-77)101-54-28-29-55-102(101)113(107)98-51-25-23-47-91(98)78-42-20-9-21-43-78)69-95(96)94-58-57-89(71-103(94)111)114-88-45-30-44-87(70-88)109-72-110(100-53-27-26-52-99(100)109)105-92(83-64-79(73-32-10-4-11-33-73)62-80(65-83)74-34-12-5-13-35-74)48-31-49-93(105)84-66-81(75-36-14-6-15-37-75)63-82(67-84)76-38-16-7-17-39-76;/h4-69H,1-3H3;/q-2;. The van der Waals surface area contributed by atoms with E-state index in [4.69, 9.17) is 9.72 Å². The van der Waals surface area contributed by atoms with Crippen molar-refractivity contribution in [3.63, 3.8) is 0 Å². The largest absolute Gasteiger partial charge is 0.510 e. The normalized spacial score (nSPS) is 12.0. The Kier molecular flexibility index (Phi) is 18.8. The van der Waals surface area contributed by atoms with Crippen LogP contribution in [0.2, 0.25) is 0 Å². The van der Waals surface area contributed by atoms with E-state index in [1.54, 1.807) is 0 Å². The number of hydrogen-bond acceptors (Lipinski definition) is 4. The maximum absolute atomic E-state index is 7.13. The summed E-state index contributed by atoms with van der Waals surface area (Å²) >= 11 is 0. The Bertz CT molecular complexity index is 6450. The van der Waals surface area contributed by atoms with Crippen LogP contribution in [0.3, 0.4) is 0 Å². The van der Waals surface area contributed by atoms with Crippen LogP contribution >= 0.6 is 0 Å². The fourth-order valence-electron chi connectivity index (χ4n) is 16.7. The van der Waals surface area contributed by atoms with Crippen molar-refractivity contribution >= 4 is 68.0 Å². The molecule has 1 aliphatic rings. The average Bonchev–Trinajstić information content (AvgIpc) is 1.56. The Morgan fingerprint density at radius 3 is 1.29 bits per heavy atom. The average molecular weight is 1650 g/mol. The molecule has 7 nitrogen and oxygen atoms in total. The maximum atomic E-state index is 7.13. The molecule has 16 aromatic carbocycles. The molecule has 0 saturated heterocycles. The molecule has 0 saturated carbocycles. The number of nitrogens with zero attached hydrogens (tertiary/aromatic N) is 6. The van der Waals surface area contributed by atoms with E-state index in [1.165, 1.54) is 5.56 Å². The van der Waals surface area contributed by atoms with Crippen molar-refractivity contribution in [3.05, 3.63) is 425 Å². The Morgan fingerprint density at radius 2 is 0.774 bits per heavy atom. The number of hydrogen-bond donors (Lipinski definition) is 0. The fourth-order valence-corrected chi connectivity index (χ4v) is 16.7. The predicted octanol–water partition coefficient (Wildman–Crippen LogP) is 25.9. The molecule has 19 aromatic rings. The van der Waals surface area contributed by atoms with E-state index in [-0.39, 0.29) is 33.5 Å². The number of rotatable bonds is 16. The van der Waals surface area contributed by atoms with E-state index in [2.05, 4.69) is 439 Å². The first-order chi connectivity index (χ1) is 56.2. The Morgan fingerprint density at radius 1 is 0.339 bits per heavy atom. The van der Waals surface area contributed by atoms with Gasteiger partial charge in [-0.3, -0.25) is 4.57 Å². The van der Waals surface area contributed by atoms with Gasteiger partial charge in [-0.15, -0.1) is 29.7 Å². The van der Waals surface area contributed by atoms with Crippen LogP contribution in [0.4, 0.5) is 22.7 Å². The second-order valence-corrected chi connectivity index (χ2v) is 30.2. The van der Waals surface area contributed by atoms with Gasteiger partial charge < -0.3 is 23.5 Å². The van der Waals surface area contributed by atoms with Crippen LogP contribution < -0.4 is 24.4 Å². The number of fused-ring (bicyclic) bond motifs is 5. The van der Waals surface area contributed by atoms with E-state index in [0.29, 0.717) is 11.5 Å². The van der Waals surface area contributed by atoms with Crippen molar-refractivity contribution in [1.29, 1.82) is 0 Å². The van der Waals surface area contributed by atoms with Gasteiger partial charge in [0.05, 0.1) is 28.1 Å². The molecule has 0 aliphatic carbocycles. The predicted molar refractivity (Wildman–Crippen MR) is 471 cm³/mol. The number of para-hydroxylation sites is 7. The van der Waals surface area contributed by atoms with Crippen LogP contribution in [0.25, 0.3) is 139 Å². The number of benzene rings is 16. The van der Waals surface area contributed by atoms with Crippen LogP contribution in [0.1, 0.15) is 26.3 Å². The van der Waals surface area contributed by atoms with E-state index in [0.717, 1.165) is 167 Å². The zero-order chi connectivity index (χ0) is 76.2. The summed E-state index contributed by atoms with van der Waals surface area (Å²) in [7, 11) is 0. The van der Waals surface area contributed by atoms with Crippen molar-refractivity contribution in [3.8, 4) is 118 Å². The quantitative estimate of drug-likeness (QED) is 0.0549. The van der Waals surface area contributed by atoms with Gasteiger partial charge in [0.25, 0.3) is 6.33 Å². The smallest absolute Gasteiger partial charge is 0.420 e. The zero-order valence-corrected chi connectivity index (χ0v) is 65.9. The zero-order valence-electron chi connectivity index (χ0n) is 63.6. The maximum Gasteiger partial charge on any atom is 0.420 e. The first-order valence-corrected chi connectivity index (χ1v) is 38.9. The van der Waals surface area contributed by atoms with E-state index < -0.39 is 0 Å². The van der Waals surface area contributed by atoms with Gasteiger partial charge in [-0.25, -0.2) is 4.98 Å². The van der Waals surface area contributed by atoms with Gasteiger partial charge in [-0.1, -0.05) is 311 Å². The van der Waals surface area contributed by atoms with Gasteiger partial charge in [0.2, 0.25) is 0 Å². The Hall–Kier alpha value is -13.9. The third-order valence-corrected chi connectivity index (χ3v) is 22.2. The summed E-state index contributed by atoms with van der Waals surface area (Å²) in [5.41, 5.74) is 29.8. The molecule has 4 heterocycles. The number of pyridine rings is 1. The topological polar surface area (TPSA) is 42.3 Å². The molecule has 0 atom stereocenters. The molecule has 0 amide bonds. The van der Waals surface area contributed by atoms with Crippen molar-refractivity contribution in [2.24, 2.45) is 0 Å². The van der Waals surface area contributed by atoms with E-state index in [9.17, 15) is 0 Å². The molecule has 0 bridgehead atoms. The molecule has 3 aromatic heterocycles. The molecule has 0 fully saturated rings. The minimum Gasteiger partial charge on any atom is -0.510 e. The van der Waals surface area contributed by atoms with Gasteiger partial charge in [-0.2, -0.15) is 18.2 Å². The van der Waals surface area contributed by atoms with Crippen molar-refractivity contribution < 1.29 is 30.4 Å². The Labute approximate surface area is 685 Å². The summed E-state index contributed by atoms with van der Waals surface area (Å²) in [5, 5.41) is 2.06. The van der Waals surface area contributed by atoms with Crippen LogP contribution in [-0.2, 0) is 26.5 Å². The number of imidazole rings is 1. The van der Waals surface area contributed by atoms with Crippen LogP contribution in [-0.4, -0.2) is 21.1 Å². The molecule has 9 heteroatoms. The minimum absolute atomic E-state index is 0. The third-order valence-electron chi connectivity index (χ3n) is 22.2. The van der Waals surface area contributed by atoms with Gasteiger partial charge in [-0.05, 0) is 184 Å². The van der Waals surface area contributed by atoms with Crippen LogP contribution in [0, 0.1) is 18.5 Å². The van der Waals surface area contributed by atoms with Gasteiger partial charge in [0.15, 0.2) is 0 Å². The second kappa shape index (κ2) is 30.3. The molecule has 0 unspecified atom stereocenters. The molecular formula is C106H75BN6OPt-2. The summed E-state index contributed by atoms with van der Waals surface area (Å²) in [6, 6.07) is 150. The molecular weight excluding hydrogens is 1580 g/mol. The monoisotopic (exact) mass is 1650 g/mol. The fraction of sp³-hybridized carbons (Fsp3) is 0.0377. The number of aromatic nitrogens is 4. The van der Waals surface area contributed by atoms with Crippen molar-refractivity contribution in [2.45, 2.75) is 26.2 Å². The first kappa shape index (κ1) is 71.4. The molecule has 0 radical (unpaired) electrons. The van der Waals surface area contributed by atoms with Crippen molar-refractivity contribution in [2.75, 3.05) is 9.62 Å². The molecule has 20 rings (SSSR count). The summed E-state index contributed by atoms with van der Waals surface area (Å²) in [6.07, 6.45) is 5.93. The van der Waals surface area contributed by atoms with Crippen LogP contribution in [0.5, 0.6) is 11.5 Å². The second-order valence-electron chi connectivity index (χ2n) is 30.2. The molecule has 0 N–H and O–H groups in total. The summed E-state index contributed by atoms with van der Waals surface area (Å²) in [6.45, 7) is 6.40. The van der Waals surface area contributed by atoms with Crippen LogP contribution in [0.15, 0.2) is 401 Å². The van der Waals surface area contributed by atoms with E-state index >= 15 is 0 Å². The number of ether oxygens (including phenoxy) is 1. The molecule has 115 heavy (non-hydrogen) atoms. The summed E-state index contributed by atoms with van der Waals surface area (Å²) in [4.78, 5) is 10.3. The van der Waals surface area contributed by atoms with Gasteiger partial charge in [0, 0.05) is 66.8 Å². The Balaban J connectivity index is 0.00000884. The van der Waals surface area contributed by atoms with E-state index in [1.807, 2.05) is 24.4 Å². The van der Waals surface area contributed by atoms with Gasteiger partial charge >= 0.3 is 6.98 Å². The molecule has 0 spiro atoms. The summed E-state index contributed by atoms with van der Waals surface area (Å²) < 4.78 is 13.8. The minimum atomic E-state index is -0.354. The number of anilines is 4. The SMILES string of the molecule is CC(C)(C)c1ccnc(-n2c3[c-]c(Oc4[c-]c(-n5[c-][n+](-c6c(-c7cc(-c8ccccc8)cc(-c8ccccc8)c7)cccc6-c6cc(-c7ccccc7)cc(-c7ccccc7)c6)c6ccccc65)ccc4)ccc3c3cc(B4N(c5ccccc5-c5ccccc5)c5ccccc5N4c4ccccc4-c4ccccc4)ccc32)c1.[Pt]. The first-order valence-electron chi connectivity index (χ1n) is 38.9. The van der Waals surface area contributed by atoms with Crippen molar-refractivity contribution in [1.82, 2.24) is 14.1 Å². The summed E-state index contributed by atoms with van der Waals surface area (Å²) in [5.74, 6) is 1.84. The molecule has 1 aliphatic heterocycles.